The monoisotopic (exact) mass is 272 g/mol. The van der Waals surface area contributed by atoms with E-state index < -0.39 is 18.0 Å². The number of urea groups is 1. The second-order valence-corrected chi connectivity index (χ2v) is 5.73. The van der Waals surface area contributed by atoms with Gasteiger partial charge in [0.25, 0.3) is 0 Å². The van der Waals surface area contributed by atoms with Gasteiger partial charge in [0.2, 0.25) is 0 Å². The molecule has 0 bridgehead atoms. The zero-order valence-electron chi connectivity index (χ0n) is 11.6. The lowest BCUT2D eigenvalue weighted by Gasteiger charge is -2.24. The van der Waals surface area contributed by atoms with E-state index >= 15 is 0 Å². The van der Waals surface area contributed by atoms with Crippen LogP contribution >= 0.6 is 0 Å². The van der Waals surface area contributed by atoms with Gasteiger partial charge in [0.05, 0.1) is 12.0 Å². The summed E-state index contributed by atoms with van der Waals surface area (Å²) in [5, 5.41) is 23.7. The second kappa shape index (κ2) is 6.75. The van der Waals surface area contributed by atoms with E-state index in [-0.39, 0.29) is 18.6 Å². The van der Waals surface area contributed by atoms with Crippen molar-refractivity contribution < 1.29 is 19.8 Å². The van der Waals surface area contributed by atoms with Crippen LogP contribution in [0.15, 0.2) is 0 Å². The summed E-state index contributed by atoms with van der Waals surface area (Å²) in [5.74, 6) is -0.572. The Morgan fingerprint density at radius 3 is 2.47 bits per heavy atom. The molecule has 0 aliphatic heterocycles. The normalized spacial score (nSPS) is 20.6. The summed E-state index contributed by atoms with van der Waals surface area (Å²) >= 11 is 0. The average molecular weight is 272 g/mol. The third-order valence-corrected chi connectivity index (χ3v) is 3.63. The summed E-state index contributed by atoms with van der Waals surface area (Å²) in [6.07, 6.45) is 4.30. The molecule has 6 nitrogen and oxygen atoms in total. The number of rotatable bonds is 6. The Balaban J connectivity index is 2.28. The van der Waals surface area contributed by atoms with E-state index in [0.717, 1.165) is 12.8 Å². The second-order valence-electron chi connectivity index (χ2n) is 5.73. The number of carbonyl (C=O) groups excluding carboxylic acids is 1. The van der Waals surface area contributed by atoms with Crippen molar-refractivity contribution in [1.29, 1.82) is 0 Å². The van der Waals surface area contributed by atoms with E-state index in [1.165, 1.54) is 19.8 Å². The molecule has 2 atom stereocenters. The highest BCUT2D eigenvalue weighted by molar-refractivity contribution is 5.74. The zero-order chi connectivity index (χ0) is 14.5. The molecule has 0 heterocycles. The van der Waals surface area contributed by atoms with E-state index in [2.05, 4.69) is 10.6 Å². The van der Waals surface area contributed by atoms with Crippen molar-refractivity contribution in [3.8, 4) is 0 Å². The number of carboxylic acid groups (broad SMARTS) is 1. The summed E-state index contributed by atoms with van der Waals surface area (Å²) in [5.41, 5.74) is -1.43. The number of aliphatic carboxylic acids is 1. The van der Waals surface area contributed by atoms with Gasteiger partial charge in [-0.2, -0.15) is 0 Å². The topological polar surface area (TPSA) is 98.7 Å². The summed E-state index contributed by atoms with van der Waals surface area (Å²) in [4.78, 5) is 22.2. The number of amides is 2. The van der Waals surface area contributed by atoms with Crippen molar-refractivity contribution in [3.05, 3.63) is 0 Å². The maximum absolute atomic E-state index is 11.7. The molecule has 0 aromatic heterocycles. The predicted molar refractivity (Wildman–Crippen MR) is 70.8 cm³/mol. The van der Waals surface area contributed by atoms with E-state index in [1.807, 2.05) is 6.92 Å². The van der Waals surface area contributed by atoms with Crippen molar-refractivity contribution in [1.82, 2.24) is 10.6 Å². The standard InChI is InChI=1S/C13H24N2O4/c1-9(10-5-3-4-6-10)15-12(18)14-8-13(2,19)7-11(16)17/h9-10,19H,3-8H2,1-2H3,(H,16,17)(H2,14,15,18). The SMILES string of the molecule is CC(NC(=O)NCC(C)(O)CC(=O)O)C1CCCC1. The minimum Gasteiger partial charge on any atom is -0.481 e. The molecular weight excluding hydrogens is 248 g/mol. The fraction of sp³-hybridized carbons (Fsp3) is 0.846. The van der Waals surface area contributed by atoms with Crippen LogP contribution in [0.5, 0.6) is 0 Å². The number of nitrogens with one attached hydrogen (secondary N) is 2. The predicted octanol–water partition coefficient (Wildman–Crippen LogP) is 1.09. The Bertz CT molecular complexity index is 325. The van der Waals surface area contributed by atoms with Gasteiger partial charge in [0, 0.05) is 12.6 Å². The largest absolute Gasteiger partial charge is 0.481 e. The first-order chi connectivity index (χ1) is 8.80. The highest BCUT2D eigenvalue weighted by Gasteiger charge is 2.26. The van der Waals surface area contributed by atoms with Crippen LogP contribution in [-0.2, 0) is 4.79 Å². The molecule has 2 amide bonds. The summed E-state index contributed by atoms with van der Waals surface area (Å²) in [6.45, 7) is 3.29. The van der Waals surface area contributed by atoms with Crippen molar-refractivity contribution in [2.75, 3.05) is 6.54 Å². The molecule has 19 heavy (non-hydrogen) atoms. The molecule has 4 N–H and O–H groups in total. The fourth-order valence-electron chi connectivity index (χ4n) is 2.49. The third-order valence-electron chi connectivity index (χ3n) is 3.63. The van der Waals surface area contributed by atoms with Crippen LogP contribution in [0, 0.1) is 5.92 Å². The van der Waals surface area contributed by atoms with E-state index in [0.29, 0.717) is 5.92 Å². The van der Waals surface area contributed by atoms with Gasteiger partial charge in [0.1, 0.15) is 0 Å². The maximum atomic E-state index is 11.7. The highest BCUT2D eigenvalue weighted by atomic mass is 16.4. The van der Waals surface area contributed by atoms with Gasteiger partial charge in [-0.1, -0.05) is 12.8 Å². The van der Waals surface area contributed by atoms with Gasteiger partial charge in [-0.25, -0.2) is 4.79 Å². The first kappa shape index (κ1) is 15.8. The number of aliphatic hydroxyl groups is 1. The van der Waals surface area contributed by atoms with E-state index in [1.54, 1.807) is 0 Å². The molecular formula is C13H24N2O4. The van der Waals surface area contributed by atoms with Gasteiger partial charge in [-0.05, 0) is 32.6 Å². The molecule has 2 unspecified atom stereocenters. The van der Waals surface area contributed by atoms with Crippen LogP contribution in [0.1, 0.15) is 46.0 Å². The molecule has 110 valence electrons. The number of carbonyl (C=O) groups is 2. The van der Waals surface area contributed by atoms with E-state index in [4.69, 9.17) is 5.11 Å². The smallest absolute Gasteiger partial charge is 0.315 e. The van der Waals surface area contributed by atoms with Crippen molar-refractivity contribution in [2.45, 2.75) is 57.6 Å². The van der Waals surface area contributed by atoms with Crippen LogP contribution in [0.4, 0.5) is 4.79 Å². The van der Waals surface area contributed by atoms with Crippen molar-refractivity contribution >= 4 is 12.0 Å². The molecule has 1 aliphatic rings. The minimum absolute atomic E-state index is 0.0808. The molecule has 6 heteroatoms. The number of hydrogen-bond acceptors (Lipinski definition) is 3. The molecule has 0 saturated heterocycles. The Morgan fingerprint density at radius 2 is 1.95 bits per heavy atom. The third kappa shape index (κ3) is 5.92. The van der Waals surface area contributed by atoms with Crippen LogP contribution in [0.2, 0.25) is 0 Å². The highest BCUT2D eigenvalue weighted by Crippen LogP contribution is 2.27. The average Bonchev–Trinajstić information content (AvgIpc) is 2.78. The van der Waals surface area contributed by atoms with Crippen LogP contribution < -0.4 is 10.6 Å². The van der Waals surface area contributed by atoms with Crippen molar-refractivity contribution in [3.63, 3.8) is 0 Å². The zero-order valence-corrected chi connectivity index (χ0v) is 11.6. The van der Waals surface area contributed by atoms with Crippen LogP contribution in [0.25, 0.3) is 0 Å². The molecule has 0 radical (unpaired) electrons. The quantitative estimate of drug-likeness (QED) is 0.581. The summed E-state index contributed by atoms with van der Waals surface area (Å²) < 4.78 is 0. The molecule has 0 aromatic carbocycles. The van der Waals surface area contributed by atoms with Gasteiger partial charge in [-0.15, -0.1) is 0 Å². The van der Waals surface area contributed by atoms with Crippen molar-refractivity contribution in [2.24, 2.45) is 5.92 Å². The molecule has 1 fully saturated rings. The first-order valence-corrected chi connectivity index (χ1v) is 6.79. The van der Waals surface area contributed by atoms with Crippen LogP contribution in [0.3, 0.4) is 0 Å². The maximum Gasteiger partial charge on any atom is 0.315 e. The fourth-order valence-corrected chi connectivity index (χ4v) is 2.49. The molecule has 1 aliphatic carbocycles. The Morgan fingerprint density at radius 1 is 1.37 bits per heavy atom. The Kier molecular flexibility index (Phi) is 5.60. The lowest BCUT2D eigenvalue weighted by molar-refractivity contribution is -0.141. The number of carboxylic acids is 1. The van der Waals surface area contributed by atoms with Gasteiger partial charge in [0.15, 0.2) is 0 Å². The van der Waals surface area contributed by atoms with Gasteiger partial charge in [-0.3, -0.25) is 4.79 Å². The Labute approximate surface area is 113 Å². The molecule has 1 rings (SSSR count). The lowest BCUT2D eigenvalue weighted by Crippen LogP contribution is -2.49. The number of hydrogen-bond donors (Lipinski definition) is 4. The Hall–Kier alpha value is -1.30. The van der Waals surface area contributed by atoms with E-state index in [9.17, 15) is 14.7 Å². The summed E-state index contributed by atoms with van der Waals surface area (Å²) in [7, 11) is 0. The first-order valence-electron chi connectivity index (χ1n) is 6.79. The van der Waals surface area contributed by atoms with Crippen LogP contribution in [-0.4, -0.2) is 40.4 Å². The minimum atomic E-state index is -1.43. The van der Waals surface area contributed by atoms with Gasteiger partial charge < -0.3 is 20.8 Å². The lowest BCUT2D eigenvalue weighted by atomic mass is 10.00. The summed E-state index contributed by atoms with van der Waals surface area (Å²) in [6, 6.07) is -0.253. The molecule has 0 aromatic rings. The van der Waals surface area contributed by atoms with Gasteiger partial charge >= 0.3 is 12.0 Å². The molecule has 1 saturated carbocycles. The molecule has 0 spiro atoms.